The third-order valence-corrected chi connectivity index (χ3v) is 11.1. The minimum absolute atomic E-state index is 0.0158. The van der Waals surface area contributed by atoms with Crippen LogP contribution in [0.5, 0.6) is 0 Å². The van der Waals surface area contributed by atoms with E-state index in [2.05, 4.69) is 23.8 Å². The molecule has 0 unspecified atom stereocenters. The first-order chi connectivity index (χ1) is 25.8. The van der Waals surface area contributed by atoms with Gasteiger partial charge in [0.2, 0.25) is 17.6 Å². The van der Waals surface area contributed by atoms with E-state index in [1.54, 1.807) is 0 Å². The minimum Gasteiger partial charge on any atom is -0.394 e. The number of Topliss-reactive ketones (excluding diaryl/α,β-unsaturated/α-hetero) is 1. The number of ether oxygens (including phenoxy) is 1. The van der Waals surface area contributed by atoms with E-state index in [9.17, 15) is 24.6 Å². The number of nitrogens with zero attached hydrogens (tertiary/aromatic N) is 4. The zero-order chi connectivity index (χ0) is 38.3. The lowest BCUT2D eigenvalue weighted by molar-refractivity contribution is -0.160. The summed E-state index contributed by atoms with van der Waals surface area (Å²) in [5.74, 6) is -0.987. The van der Waals surface area contributed by atoms with Crippen molar-refractivity contribution in [2.45, 2.75) is 218 Å². The second kappa shape index (κ2) is 25.4. The third kappa shape index (κ3) is 14.2. The summed E-state index contributed by atoms with van der Waals surface area (Å²) in [5, 5.41) is 20.6. The minimum atomic E-state index is -1.70. The highest BCUT2D eigenvalue weighted by molar-refractivity contribution is 5.88. The third-order valence-electron chi connectivity index (χ3n) is 11.1. The molecule has 0 spiro atoms. The van der Waals surface area contributed by atoms with Crippen LogP contribution in [0, 0.1) is 0 Å². The van der Waals surface area contributed by atoms with Crippen molar-refractivity contribution in [3.63, 3.8) is 0 Å². The molecule has 3 atom stereocenters. The van der Waals surface area contributed by atoms with Gasteiger partial charge in [0, 0.05) is 19.3 Å². The Hall–Kier alpha value is -2.63. The summed E-state index contributed by atoms with van der Waals surface area (Å²) in [7, 11) is 0. The Balaban J connectivity index is 1.51. The summed E-state index contributed by atoms with van der Waals surface area (Å²) < 4.78 is 8.34. The summed E-state index contributed by atoms with van der Waals surface area (Å²) in [6, 6.07) is 0. The number of ketones is 1. The molecule has 0 amide bonds. The molecule has 0 aliphatic carbocycles. The Bertz CT molecular complexity index is 1390. The summed E-state index contributed by atoms with van der Waals surface area (Å²) in [4.78, 5) is 49.3. The standard InChI is InChI=1S/C42H73N5O6/c1-3-5-7-9-11-13-15-17-19-21-23-25-27-29-36(50)42(31-34(49)35(32-48)53-42)46-33-44-38-39(46)45-41(43)47(40(38)52)37(51)30-28-26-24-22-20-18-16-14-12-10-8-6-4-2/h33-35,48-49H,3-32H2,1-2H3,(H2,43,45)/t34-,35+,42-/m0/s1. The molecule has 1 saturated heterocycles. The van der Waals surface area contributed by atoms with Gasteiger partial charge in [-0.05, 0) is 12.8 Å². The molecule has 0 aromatic carbocycles. The summed E-state index contributed by atoms with van der Waals surface area (Å²) in [5.41, 5.74) is 3.75. The molecule has 1 fully saturated rings. The lowest BCUT2D eigenvalue weighted by Crippen LogP contribution is -2.42. The molecule has 11 nitrogen and oxygen atoms in total. The molecule has 3 rings (SSSR count). The van der Waals surface area contributed by atoms with Gasteiger partial charge in [-0.3, -0.25) is 19.0 Å². The molecule has 3 heterocycles. The van der Waals surface area contributed by atoms with Crippen molar-refractivity contribution in [1.29, 1.82) is 0 Å². The number of hydrogen-bond acceptors (Lipinski definition) is 9. The maximum atomic E-state index is 13.9. The second-order valence-corrected chi connectivity index (χ2v) is 15.6. The van der Waals surface area contributed by atoms with E-state index in [1.807, 2.05) is 0 Å². The molecule has 1 aliphatic rings. The molecule has 1 aliphatic heterocycles. The topological polar surface area (TPSA) is 163 Å². The Kier molecular flexibility index (Phi) is 21.5. The number of fused-ring (bicyclic) bond motifs is 1. The Morgan fingerprint density at radius 1 is 0.755 bits per heavy atom. The van der Waals surface area contributed by atoms with Gasteiger partial charge in [-0.25, -0.2) is 9.55 Å². The first-order valence-electron chi connectivity index (χ1n) is 21.6. The van der Waals surface area contributed by atoms with E-state index in [0.29, 0.717) is 12.8 Å². The molecule has 302 valence electrons. The smallest absolute Gasteiger partial charge is 0.289 e. The first kappa shape index (κ1) is 44.8. The lowest BCUT2D eigenvalue weighted by Gasteiger charge is -2.29. The molecule has 0 saturated carbocycles. The van der Waals surface area contributed by atoms with Crippen LogP contribution in [0.15, 0.2) is 11.1 Å². The number of carbonyl (C=O) groups excluding carboxylic acids is 2. The Morgan fingerprint density at radius 2 is 1.19 bits per heavy atom. The van der Waals surface area contributed by atoms with Gasteiger partial charge in [0.25, 0.3) is 5.56 Å². The van der Waals surface area contributed by atoms with Gasteiger partial charge in [0.15, 0.2) is 16.9 Å². The average Bonchev–Trinajstić information content (AvgIpc) is 3.73. The Labute approximate surface area is 318 Å². The fourth-order valence-electron chi connectivity index (χ4n) is 7.80. The molecule has 0 bridgehead atoms. The van der Waals surface area contributed by atoms with E-state index in [1.165, 1.54) is 126 Å². The van der Waals surface area contributed by atoms with Crippen molar-refractivity contribution in [2.75, 3.05) is 12.3 Å². The average molecular weight is 744 g/mol. The van der Waals surface area contributed by atoms with Crippen molar-refractivity contribution in [2.24, 2.45) is 0 Å². The Morgan fingerprint density at radius 3 is 1.62 bits per heavy atom. The highest BCUT2D eigenvalue weighted by Crippen LogP contribution is 2.39. The number of aliphatic hydroxyl groups excluding tert-OH is 2. The van der Waals surface area contributed by atoms with Gasteiger partial charge in [-0.15, -0.1) is 0 Å². The maximum absolute atomic E-state index is 13.9. The van der Waals surface area contributed by atoms with Crippen LogP contribution in [0.1, 0.15) is 205 Å². The fourth-order valence-corrected chi connectivity index (χ4v) is 7.80. The number of unbranched alkanes of at least 4 members (excludes halogenated alkanes) is 24. The van der Waals surface area contributed by atoms with E-state index >= 15 is 0 Å². The lowest BCUT2D eigenvalue weighted by atomic mass is 9.96. The number of hydrogen-bond donors (Lipinski definition) is 3. The number of imidazole rings is 1. The fraction of sp³-hybridized carbons (Fsp3) is 0.833. The second-order valence-electron chi connectivity index (χ2n) is 15.6. The largest absolute Gasteiger partial charge is 0.394 e. The van der Waals surface area contributed by atoms with Crippen molar-refractivity contribution in [1.82, 2.24) is 19.1 Å². The molecule has 4 N–H and O–H groups in total. The normalized spacial score (nSPS) is 18.7. The predicted octanol–water partition coefficient (Wildman–Crippen LogP) is 9.14. The summed E-state index contributed by atoms with van der Waals surface area (Å²) in [6.45, 7) is 4.01. The SMILES string of the molecule is CCCCCCCCCCCCCCCC(=O)n1c(N)nc2c(ncn2[C@@]2(C(=O)CCCCCCCCCCCCCCC)C[C@H](O)[C@@H](CO)O2)c1=O. The van der Waals surface area contributed by atoms with Crippen LogP contribution in [-0.2, 0) is 15.3 Å². The van der Waals surface area contributed by atoms with Gasteiger partial charge in [-0.1, -0.05) is 168 Å². The van der Waals surface area contributed by atoms with Crippen molar-refractivity contribution in [3.05, 3.63) is 16.7 Å². The molecule has 2 aromatic heterocycles. The van der Waals surface area contributed by atoms with Crippen LogP contribution < -0.4 is 11.3 Å². The van der Waals surface area contributed by atoms with Crippen molar-refractivity contribution >= 4 is 28.8 Å². The monoisotopic (exact) mass is 744 g/mol. The number of aliphatic hydroxyl groups is 2. The highest BCUT2D eigenvalue weighted by atomic mass is 16.6. The molecule has 0 radical (unpaired) electrons. The molecule has 53 heavy (non-hydrogen) atoms. The maximum Gasteiger partial charge on any atom is 0.289 e. The van der Waals surface area contributed by atoms with Crippen LogP contribution in [0.2, 0.25) is 0 Å². The predicted molar refractivity (Wildman–Crippen MR) is 213 cm³/mol. The van der Waals surface area contributed by atoms with E-state index in [-0.39, 0.29) is 42.2 Å². The van der Waals surface area contributed by atoms with Crippen molar-refractivity contribution in [3.8, 4) is 0 Å². The van der Waals surface area contributed by atoms with E-state index in [0.717, 1.165) is 43.1 Å². The van der Waals surface area contributed by atoms with Crippen LogP contribution >= 0.6 is 0 Å². The van der Waals surface area contributed by atoms with Crippen LogP contribution in [-0.4, -0.2) is 59.8 Å². The van der Waals surface area contributed by atoms with Gasteiger partial charge < -0.3 is 20.7 Å². The summed E-state index contributed by atoms with van der Waals surface area (Å²) in [6.07, 6.45) is 30.4. The molecule has 2 aromatic rings. The number of anilines is 1. The first-order valence-corrected chi connectivity index (χ1v) is 21.6. The number of nitrogens with two attached hydrogens (primary N) is 1. The van der Waals surface area contributed by atoms with Crippen LogP contribution in [0.4, 0.5) is 5.95 Å². The number of aromatic nitrogens is 4. The van der Waals surface area contributed by atoms with E-state index < -0.39 is 36.0 Å². The zero-order valence-corrected chi connectivity index (χ0v) is 33.3. The van der Waals surface area contributed by atoms with Gasteiger partial charge >= 0.3 is 0 Å². The van der Waals surface area contributed by atoms with Gasteiger partial charge in [0.05, 0.1) is 12.7 Å². The summed E-state index contributed by atoms with van der Waals surface area (Å²) >= 11 is 0. The van der Waals surface area contributed by atoms with Crippen LogP contribution in [0.3, 0.4) is 0 Å². The number of carbonyl (C=O) groups is 2. The molecular formula is C42H73N5O6. The van der Waals surface area contributed by atoms with Gasteiger partial charge in [0.1, 0.15) is 12.4 Å². The zero-order valence-electron chi connectivity index (χ0n) is 33.3. The van der Waals surface area contributed by atoms with E-state index in [4.69, 9.17) is 10.5 Å². The number of nitrogen functional groups attached to an aromatic ring is 1. The van der Waals surface area contributed by atoms with Crippen molar-refractivity contribution < 1.29 is 24.5 Å². The van der Waals surface area contributed by atoms with Crippen LogP contribution in [0.25, 0.3) is 11.2 Å². The van der Waals surface area contributed by atoms with Gasteiger partial charge in [-0.2, -0.15) is 4.98 Å². The number of rotatable bonds is 31. The molecular weight excluding hydrogens is 670 g/mol. The molecule has 11 heteroatoms. The quantitative estimate of drug-likeness (QED) is 0.0639. The highest BCUT2D eigenvalue weighted by Gasteiger charge is 2.53.